The van der Waals surface area contributed by atoms with Gasteiger partial charge in [-0.15, -0.1) is 0 Å². The van der Waals surface area contributed by atoms with Gasteiger partial charge in [-0.2, -0.15) is 0 Å². The van der Waals surface area contributed by atoms with Crippen molar-refractivity contribution in [3.05, 3.63) is 94.1 Å². The summed E-state index contributed by atoms with van der Waals surface area (Å²) in [5.41, 5.74) is 13.1. The molecule has 0 saturated heterocycles. The molecule has 154 valence electrons. The molecule has 0 amide bonds. The van der Waals surface area contributed by atoms with Crippen molar-refractivity contribution >= 4 is 11.1 Å². The highest BCUT2D eigenvalue weighted by molar-refractivity contribution is 5.91. The van der Waals surface area contributed by atoms with E-state index in [4.69, 9.17) is 0 Å². The lowest BCUT2D eigenvalue weighted by Gasteiger charge is -2.28. The highest BCUT2D eigenvalue weighted by Crippen LogP contribution is 2.42. The maximum absolute atomic E-state index is 4.53. The van der Waals surface area contributed by atoms with Crippen LogP contribution in [0.1, 0.15) is 72.9 Å². The Morgan fingerprint density at radius 1 is 1.07 bits per heavy atom. The fourth-order valence-corrected chi connectivity index (χ4v) is 6.09. The normalized spacial score (nSPS) is 24.1. The Bertz CT molecular complexity index is 1050. The molecule has 2 aromatic rings. The van der Waals surface area contributed by atoms with Gasteiger partial charge in [0.25, 0.3) is 0 Å². The van der Waals surface area contributed by atoms with Crippen LogP contribution in [0, 0.1) is 11.8 Å². The molecule has 0 spiro atoms. The summed E-state index contributed by atoms with van der Waals surface area (Å²) >= 11 is 0. The number of hydrogen-bond donors (Lipinski definition) is 0. The Labute approximate surface area is 182 Å². The van der Waals surface area contributed by atoms with E-state index in [0.29, 0.717) is 0 Å². The zero-order chi connectivity index (χ0) is 20.7. The van der Waals surface area contributed by atoms with Gasteiger partial charge in [0.15, 0.2) is 0 Å². The van der Waals surface area contributed by atoms with Crippen molar-refractivity contribution < 1.29 is 0 Å². The molecule has 30 heavy (non-hydrogen) atoms. The number of fused-ring (bicyclic) bond motifs is 2. The predicted octanol–water partition coefficient (Wildman–Crippen LogP) is 7.75. The summed E-state index contributed by atoms with van der Waals surface area (Å²) in [7, 11) is 0. The van der Waals surface area contributed by atoms with Crippen molar-refractivity contribution in [3.63, 3.8) is 0 Å². The third-order valence-corrected chi connectivity index (χ3v) is 7.73. The van der Waals surface area contributed by atoms with E-state index in [1.807, 2.05) is 0 Å². The first-order valence-corrected chi connectivity index (χ1v) is 12.0. The summed E-state index contributed by atoms with van der Waals surface area (Å²) in [6.07, 6.45) is 15.0. The van der Waals surface area contributed by atoms with Gasteiger partial charge in [0.2, 0.25) is 0 Å². The molecule has 0 nitrogen and oxygen atoms in total. The van der Waals surface area contributed by atoms with E-state index in [0.717, 1.165) is 31.1 Å². The van der Waals surface area contributed by atoms with Crippen LogP contribution < -0.4 is 0 Å². The van der Waals surface area contributed by atoms with Gasteiger partial charge in [-0.05, 0) is 94.0 Å². The summed E-state index contributed by atoms with van der Waals surface area (Å²) < 4.78 is 0. The van der Waals surface area contributed by atoms with Gasteiger partial charge in [0, 0.05) is 0 Å². The number of hydrogen-bond acceptors (Lipinski definition) is 0. The van der Waals surface area contributed by atoms with Crippen molar-refractivity contribution in [3.8, 4) is 0 Å². The van der Waals surface area contributed by atoms with Gasteiger partial charge in [-0.1, -0.05) is 88.2 Å². The minimum Gasteiger partial charge on any atom is -0.0909 e. The molecule has 0 aliphatic heterocycles. The van der Waals surface area contributed by atoms with Gasteiger partial charge in [-0.25, -0.2) is 0 Å². The molecule has 2 atom stereocenters. The predicted molar refractivity (Wildman–Crippen MR) is 130 cm³/mol. The number of allylic oxidation sites excluding steroid dienone is 5. The number of aryl methyl sites for hydroxylation is 1. The minimum absolute atomic E-state index is 0.858. The van der Waals surface area contributed by atoms with Crippen molar-refractivity contribution in [2.45, 2.75) is 65.2 Å². The van der Waals surface area contributed by atoms with Crippen LogP contribution in [-0.2, 0) is 25.7 Å². The van der Waals surface area contributed by atoms with E-state index < -0.39 is 0 Å². The second kappa shape index (κ2) is 8.06. The Balaban J connectivity index is 1.47. The van der Waals surface area contributed by atoms with Crippen molar-refractivity contribution in [1.82, 2.24) is 0 Å². The van der Waals surface area contributed by atoms with Crippen LogP contribution in [-0.4, -0.2) is 0 Å². The van der Waals surface area contributed by atoms with E-state index in [9.17, 15) is 0 Å². The Morgan fingerprint density at radius 3 is 2.77 bits per heavy atom. The molecule has 0 aromatic heterocycles. The highest BCUT2D eigenvalue weighted by atomic mass is 14.3. The standard InChI is InChI=1S/C30H34/c1-4-23-14-15-27-21(3)26(18-25-13-12-24-10-5-6-11-28(24)25)19-30(27)29(23)17-22-9-7-8-20(2)16-22/h5-6,10-11,13-15,18,20,22H,3-4,7-9,12,16-17,19H2,1-2H3/b26-18+. The fourth-order valence-electron chi connectivity index (χ4n) is 6.09. The van der Waals surface area contributed by atoms with Gasteiger partial charge in [0.1, 0.15) is 0 Å². The number of rotatable bonds is 4. The molecule has 1 saturated carbocycles. The van der Waals surface area contributed by atoms with Crippen LogP contribution >= 0.6 is 0 Å². The molecule has 2 aromatic carbocycles. The van der Waals surface area contributed by atoms with Gasteiger partial charge in [-0.3, -0.25) is 0 Å². The van der Waals surface area contributed by atoms with Gasteiger partial charge < -0.3 is 0 Å². The SMILES string of the molecule is C=C1/C(=C/C2=CCc3ccccc32)Cc2c1ccc(CC)c2CC1CCCC(C)C1. The van der Waals surface area contributed by atoms with Crippen LogP contribution in [0.3, 0.4) is 0 Å². The molecule has 0 radical (unpaired) electrons. The van der Waals surface area contributed by atoms with E-state index in [-0.39, 0.29) is 0 Å². The molecule has 1 fully saturated rings. The lowest BCUT2D eigenvalue weighted by molar-refractivity contribution is 0.281. The van der Waals surface area contributed by atoms with E-state index >= 15 is 0 Å². The van der Waals surface area contributed by atoms with Gasteiger partial charge in [0.05, 0.1) is 0 Å². The Hall–Kier alpha value is -2.34. The molecule has 0 heteroatoms. The molecule has 3 aliphatic carbocycles. The van der Waals surface area contributed by atoms with Crippen LogP contribution in [0.15, 0.2) is 60.7 Å². The summed E-state index contributed by atoms with van der Waals surface area (Å²) in [6, 6.07) is 13.6. The largest absolute Gasteiger partial charge is 0.0909 e. The molecule has 5 rings (SSSR count). The maximum Gasteiger partial charge on any atom is -0.00106 e. The first-order chi connectivity index (χ1) is 14.6. The van der Waals surface area contributed by atoms with E-state index in [2.05, 4.69) is 69.0 Å². The molecule has 0 N–H and O–H groups in total. The Morgan fingerprint density at radius 2 is 1.93 bits per heavy atom. The van der Waals surface area contributed by atoms with Crippen molar-refractivity contribution in [2.24, 2.45) is 11.8 Å². The first-order valence-electron chi connectivity index (χ1n) is 12.0. The third-order valence-electron chi connectivity index (χ3n) is 7.73. The van der Waals surface area contributed by atoms with Crippen LogP contribution in [0.5, 0.6) is 0 Å². The van der Waals surface area contributed by atoms with Gasteiger partial charge >= 0.3 is 0 Å². The third kappa shape index (κ3) is 3.51. The zero-order valence-corrected chi connectivity index (χ0v) is 18.6. The van der Waals surface area contributed by atoms with Crippen molar-refractivity contribution in [1.29, 1.82) is 0 Å². The zero-order valence-electron chi connectivity index (χ0n) is 18.6. The average Bonchev–Trinajstić information content (AvgIpc) is 3.30. The molecule has 0 bridgehead atoms. The molecule has 0 heterocycles. The summed E-state index contributed by atoms with van der Waals surface area (Å²) in [4.78, 5) is 0. The second-order valence-electron chi connectivity index (χ2n) is 9.77. The lowest BCUT2D eigenvalue weighted by Crippen LogP contribution is -2.17. The van der Waals surface area contributed by atoms with E-state index in [1.165, 1.54) is 65.5 Å². The Kier molecular flexibility index (Phi) is 5.27. The molecular formula is C30H34. The second-order valence-corrected chi connectivity index (χ2v) is 9.77. The smallest absolute Gasteiger partial charge is 0.00106 e. The van der Waals surface area contributed by atoms with Crippen LogP contribution in [0.4, 0.5) is 0 Å². The molecule has 2 unspecified atom stereocenters. The maximum atomic E-state index is 4.53. The van der Waals surface area contributed by atoms with Crippen molar-refractivity contribution in [2.75, 3.05) is 0 Å². The first kappa shape index (κ1) is 19.6. The van der Waals surface area contributed by atoms with E-state index in [1.54, 1.807) is 16.7 Å². The highest BCUT2D eigenvalue weighted by Gasteiger charge is 2.27. The monoisotopic (exact) mass is 394 g/mol. The van der Waals surface area contributed by atoms with Crippen LogP contribution in [0.2, 0.25) is 0 Å². The molecular weight excluding hydrogens is 360 g/mol. The minimum atomic E-state index is 0.858. The van der Waals surface area contributed by atoms with Crippen LogP contribution in [0.25, 0.3) is 11.1 Å². The summed E-state index contributed by atoms with van der Waals surface area (Å²) in [6.45, 7) is 9.29. The summed E-state index contributed by atoms with van der Waals surface area (Å²) in [5, 5.41) is 0. The fraction of sp³-hybridized carbons (Fsp3) is 0.400. The average molecular weight is 395 g/mol. The molecule has 3 aliphatic rings. The topological polar surface area (TPSA) is 0 Å². The summed E-state index contributed by atoms with van der Waals surface area (Å²) in [5.74, 6) is 1.75. The lowest BCUT2D eigenvalue weighted by atomic mass is 9.77. The number of benzene rings is 2. The quantitative estimate of drug-likeness (QED) is 0.497.